The van der Waals surface area contributed by atoms with Gasteiger partial charge >= 0.3 is 0 Å². The molecule has 0 bridgehead atoms. The third-order valence-corrected chi connectivity index (χ3v) is 3.48. The minimum atomic E-state index is 0.0815. The van der Waals surface area contributed by atoms with E-state index in [1.807, 2.05) is 31.3 Å². The lowest BCUT2D eigenvalue weighted by molar-refractivity contribution is -0.116. The quantitative estimate of drug-likeness (QED) is 0.736. The minimum Gasteiger partial charge on any atom is -0.326 e. The number of carbonyl (C=O) groups excluding carboxylic acids is 1. The van der Waals surface area contributed by atoms with Crippen LogP contribution in [-0.4, -0.2) is 24.5 Å². The Balaban J connectivity index is 1.80. The van der Waals surface area contributed by atoms with Crippen LogP contribution in [0.4, 0.5) is 5.69 Å². The Kier molecular flexibility index (Phi) is 6.58. The molecule has 0 saturated carbocycles. The van der Waals surface area contributed by atoms with Gasteiger partial charge in [0.1, 0.15) is 0 Å². The average Bonchev–Trinajstić information content (AvgIpc) is 2.54. The van der Waals surface area contributed by atoms with Crippen molar-refractivity contribution < 1.29 is 4.79 Å². The summed E-state index contributed by atoms with van der Waals surface area (Å²) in [4.78, 5) is 15.8. The van der Waals surface area contributed by atoms with Crippen LogP contribution in [0.25, 0.3) is 0 Å². The Morgan fingerprint density at radius 3 is 2.36 bits per heavy atom. The second-order valence-corrected chi connectivity index (χ2v) is 5.34. The van der Waals surface area contributed by atoms with Gasteiger partial charge in [0.25, 0.3) is 0 Å². The summed E-state index contributed by atoms with van der Waals surface area (Å²) in [7, 11) is 1.92. The molecular formula is C18H23N3O. The van der Waals surface area contributed by atoms with E-state index in [4.69, 9.17) is 0 Å². The molecule has 2 N–H and O–H groups in total. The molecule has 4 heteroatoms. The first-order chi connectivity index (χ1) is 10.8. The van der Waals surface area contributed by atoms with Crippen LogP contribution < -0.4 is 10.6 Å². The summed E-state index contributed by atoms with van der Waals surface area (Å²) in [5, 5.41) is 6.02. The number of carbonyl (C=O) groups is 1. The van der Waals surface area contributed by atoms with E-state index in [2.05, 4.69) is 27.8 Å². The molecule has 0 aliphatic carbocycles. The van der Waals surface area contributed by atoms with E-state index in [-0.39, 0.29) is 5.91 Å². The van der Waals surface area contributed by atoms with Crippen molar-refractivity contribution in [2.75, 3.05) is 18.9 Å². The maximum Gasteiger partial charge on any atom is 0.224 e. The molecule has 0 atom stereocenters. The molecule has 0 unspecified atom stereocenters. The Morgan fingerprint density at radius 1 is 1.00 bits per heavy atom. The normalized spacial score (nSPS) is 10.4. The lowest BCUT2D eigenvalue weighted by atomic mass is 10.1. The molecule has 0 saturated heterocycles. The van der Waals surface area contributed by atoms with Crippen LogP contribution in [0.5, 0.6) is 0 Å². The van der Waals surface area contributed by atoms with Gasteiger partial charge in [0.2, 0.25) is 5.91 Å². The van der Waals surface area contributed by atoms with Crippen molar-refractivity contribution in [3.63, 3.8) is 0 Å². The zero-order valence-corrected chi connectivity index (χ0v) is 13.0. The second-order valence-electron chi connectivity index (χ2n) is 5.34. The van der Waals surface area contributed by atoms with Crippen molar-refractivity contribution in [3.8, 4) is 0 Å². The number of rotatable bonds is 8. The van der Waals surface area contributed by atoms with Crippen molar-refractivity contribution in [2.45, 2.75) is 25.7 Å². The Bertz CT molecular complexity index is 567. The predicted octanol–water partition coefficient (Wildman–Crippen LogP) is 3.00. The van der Waals surface area contributed by atoms with Crippen LogP contribution in [0.2, 0.25) is 0 Å². The standard InChI is InChI=1S/C18H23N3O/c1-19-11-3-2-4-18(22)21-17-7-5-15(6-8-17)14-16-9-12-20-13-10-16/h5-10,12-13,19H,2-4,11,14H2,1H3,(H,21,22). The maximum absolute atomic E-state index is 11.8. The Morgan fingerprint density at radius 2 is 1.68 bits per heavy atom. The van der Waals surface area contributed by atoms with Crippen LogP contribution in [0.15, 0.2) is 48.8 Å². The fourth-order valence-corrected chi connectivity index (χ4v) is 2.25. The highest BCUT2D eigenvalue weighted by Gasteiger charge is 2.02. The number of pyridine rings is 1. The molecule has 0 spiro atoms. The molecule has 0 radical (unpaired) electrons. The van der Waals surface area contributed by atoms with Gasteiger partial charge in [0.15, 0.2) is 0 Å². The van der Waals surface area contributed by atoms with Crippen molar-refractivity contribution in [1.82, 2.24) is 10.3 Å². The summed E-state index contributed by atoms with van der Waals surface area (Å²) in [6.45, 7) is 0.955. The van der Waals surface area contributed by atoms with E-state index >= 15 is 0 Å². The van der Waals surface area contributed by atoms with Crippen molar-refractivity contribution in [3.05, 3.63) is 59.9 Å². The van der Waals surface area contributed by atoms with Gasteiger partial charge in [-0.1, -0.05) is 12.1 Å². The molecule has 1 aromatic carbocycles. The van der Waals surface area contributed by atoms with Gasteiger partial charge in [0, 0.05) is 24.5 Å². The minimum absolute atomic E-state index is 0.0815. The van der Waals surface area contributed by atoms with Crippen LogP contribution in [0.3, 0.4) is 0 Å². The van der Waals surface area contributed by atoms with E-state index in [9.17, 15) is 4.79 Å². The third kappa shape index (κ3) is 5.66. The maximum atomic E-state index is 11.8. The number of benzene rings is 1. The van der Waals surface area contributed by atoms with Gasteiger partial charge < -0.3 is 10.6 Å². The van der Waals surface area contributed by atoms with Crippen LogP contribution in [-0.2, 0) is 11.2 Å². The summed E-state index contributed by atoms with van der Waals surface area (Å²) >= 11 is 0. The molecule has 116 valence electrons. The molecule has 1 aromatic heterocycles. The molecular weight excluding hydrogens is 274 g/mol. The van der Waals surface area contributed by atoms with E-state index in [0.717, 1.165) is 31.5 Å². The van der Waals surface area contributed by atoms with Gasteiger partial charge in [-0.25, -0.2) is 0 Å². The molecule has 0 aliphatic rings. The molecule has 0 aliphatic heterocycles. The molecule has 22 heavy (non-hydrogen) atoms. The first kappa shape index (κ1) is 16.2. The van der Waals surface area contributed by atoms with Gasteiger partial charge in [-0.15, -0.1) is 0 Å². The smallest absolute Gasteiger partial charge is 0.224 e. The van der Waals surface area contributed by atoms with E-state index in [1.165, 1.54) is 11.1 Å². The summed E-state index contributed by atoms with van der Waals surface area (Å²) in [6, 6.07) is 12.1. The predicted molar refractivity (Wildman–Crippen MR) is 89.9 cm³/mol. The van der Waals surface area contributed by atoms with E-state index in [0.29, 0.717) is 6.42 Å². The Hall–Kier alpha value is -2.20. The highest BCUT2D eigenvalue weighted by molar-refractivity contribution is 5.90. The van der Waals surface area contributed by atoms with Crippen LogP contribution >= 0.6 is 0 Å². The van der Waals surface area contributed by atoms with Crippen LogP contribution in [0, 0.1) is 0 Å². The largest absolute Gasteiger partial charge is 0.326 e. The number of amides is 1. The number of unbranched alkanes of at least 4 members (excludes halogenated alkanes) is 1. The monoisotopic (exact) mass is 297 g/mol. The highest BCUT2D eigenvalue weighted by atomic mass is 16.1. The summed E-state index contributed by atoms with van der Waals surface area (Å²) in [5.41, 5.74) is 3.31. The van der Waals surface area contributed by atoms with Crippen molar-refractivity contribution in [1.29, 1.82) is 0 Å². The third-order valence-electron chi connectivity index (χ3n) is 3.48. The first-order valence-corrected chi connectivity index (χ1v) is 7.70. The van der Waals surface area contributed by atoms with E-state index in [1.54, 1.807) is 12.4 Å². The molecule has 0 fully saturated rings. The first-order valence-electron chi connectivity index (χ1n) is 7.70. The zero-order valence-electron chi connectivity index (χ0n) is 13.0. The van der Waals surface area contributed by atoms with Gasteiger partial charge in [-0.2, -0.15) is 0 Å². The summed E-state index contributed by atoms with van der Waals surface area (Å²) < 4.78 is 0. The topological polar surface area (TPSA) is 54.0 Å². The number of anilines is 1. The zero-order chi connectivity index (χ0) is 15.6. The summed E-state index contributed by atoms with van der Waals surface area (Å²) in [5.74, 6) is 0.0815. The second kappa shape index (κ2) is 8.95. The highest BCUT2D eigenvalue weighted by Crippen LogP contribution is 2.13. The van der Waals surface area contributed by atoms with Crippen molar-refractivity contribution in [2.24, 2.45) is 0 Å². The molecule has 4 nitrogen and oxygen atoms in total. The fourth-order valence-electron chi connectivity index (χ4n) is 2.25. The fraction of sp³-hybridized carbons (Fsp3) is 0.333. The lowest BCUT2D eigenvalue weighted by Crippen LogP contribution is -2.13. The molecule has 2 aromatic rings. The number of hydrogen-bond donors (Lipinski definition) is 2. The number of nitrogens with zero attached hydrogens (tertiary/aromatic N) is 1. The van der Waals surface area contributed by atoms with Crippen LogP contribution in [0.1, 0.15) is 30.4 Å². The Labute approximate surface area is 132 Å². The lowest BCUT2D eigenvalue weighted by Gasteiger charge is -2.07. The molecule has 2 rings (SSSR count). The molecule has 1 amide bonds. The SMILES string of the molecule is CNCCCCC(=O)Nc1ccc(Cc2ccncc2)cc1. The van der Waals surface area contributed by atoms with E-state index < -0.39 is 0 Å². The number of hydrogen-bond acceptors (Lipinski definition) is 3. The van der Waals surface area contributed by atoms with Crippen molar-refractivity contribution >= 4 is 11.6 Å². The summed E-state index contributed by atoms with van der Waals surface area (Å²) in [6.07, 6.45) is 6.98. The number of aromatic nitrogens is 1. The molecule has 1 heterocycles. The average molecular weight is 297 g/mol. The van der Waals surface area contributed by atoms with Gasteiger partial charge in [-0.3, -0.25) is 9.78 Å². The van der Waals surface area contributed by atoms with Gasteiger partial charge in [0.05, 0.1) is 0 Å². The van der Waals surface area contributed by atoms with Gasteiger partial charge in [-0.05, 0) is 68.2 Å². The number of nitrogens with one attached hydrogen (secondary N) is 2.